The molecule has 8 heteroatoms. The van der Waals surface area contributed by atoms with E-state index in [1.54, 1.807) is 30.7 Å². The standard InChI is InChI=1S/C16H18BrN5OS/c1-24-16-19-10-13(17)14(21-16)22-8-4-12(5-9-22)20-15(23)11-2-6-18-7-3-11/h2-3,6-7,10,12H,4-5,8-9H2,1H3,(H,20,23). The number of aromatic nitrogens is 3. The summed E-state index contributed by atoms with van der Waals surface area (Å²) in [6.45, 7) is 1.70. The van der Waals surface area contributed by atoms with Gasteiger partial charge in [0.25, 0.3) is 5.91 Å². The molecule has 3 heterocycles. The lowest BCUT2D eigenvalue weighted by atomic mass is 10.0. The van der Waals surface area contributed by atoms with Crippen LogP contribution >= 0.6 is 27.7 Å². The third-order valence-electron chi connectivity index (χ3n) is 3.96. The first-order valence-electron chi connectivity index (χ1n) is 7.69. The van der Waals surface area contributed by atoms with E-state index in [4.69, 9.17) is 0 Å². The number of carbonyl (C=O) groups is 1. The molecule has 0 radical (unpaired) electrons. The van der Waals surface area contributed by atoms with Crippen LogP contribution in [0.1, 0.15) is 23.2 Å². The lowest BCUT2D eigenvalue weighted by Gasteiger charge is -2.33. The minimum Gasteiger partial charge on any atom is -0.355 e. The molecule has 1 aliphatic rings. The first kappa shape index (κ1) is 17.2. The van der Waals surface area contributed by atoms with Crippen LogP contribution in [0.3, 0.4) is 0 Å². The zero-order valence-corrected chi connectivity index (χ0v) is 15.7. The lowest BCUT2D eigenvalue weighted by Crippen LogP contribution is -2.45. The van der Waals surface area contributed by atoms with Crippen molar-refractivity contribution < 1.29 is 4.79 Å². The molecule has 0 bridgehead atoms. The molecule has 0 aliphatic carbocycles. The molecule has 6 nitrogen and oxygen atoms in total. The number of thioether (sulfide) groups is 1. The molecule has 1 fully saturated rings. The fourth-order valence-electron chi connectivity index (χ4n) is 2.67. The Kier molecular flexibility index (Phi) is 5.68. The predicted molar refractivity (Wildman–Crippen MR) is 98.5 cm³/mol. The van der Waals surface area contributed by atoms with E-state index in [1.807, 2.05) is 6.26 Å². The molecule has 0 unspecified atom stereocenters. The van der Waals surface area contributed by atoms with Gasteiger partial charge in [0, 0.05) is 43.3 Å². The van der Waals surface area contributed by atoms with E-state index >= 15 is 0 Å². The van der Waals surface area contributed by atoms with Crippen molar-refractivity contribution in [2.45, 2.75) is 24.0 Å². The van der Waals surface area contributed by atoms with Crippen LogP contribution in [0.2, 0.25) is 0 Å². The second-order valence-electron chi connectivity index (χ2n) is 5.50. The summed E-state index contributed by atoms with van der Waals surface area (Å²) in [5.41, 5.74) is 0.649. The van der Waals surface area contributed by atoms with Gasteiger partial charge in [0.15, 0.2) is 5.16 Å². The zero-order chi connectivity index (χ0) is 16.9. The minimum absolute atomic E-state index is 0.0382. The summed E-state index contributed by atoms with van der Waals surface area (Å²) in [4.78, 5) is 27.2. The molecule has 0 spiro atoms. The maximum atomic E-state index is 12.2. The smallest absolute Gasteiger partial charge is 0.251 e. The van der Waals surface area contributed by atoms with Gasteiger partial charge in [0.1, 0.15) is 5.82 Å². The van der Waals surface area contributed by atoms with Gasteiger partial charge in [-0.25, -0.2) is 9.97 Å². The fourth-order valence-corrected chi connectivity index (χ4v) is 3.45. The van der Waals surface area contributed by atoms with Crippen molar-refractivity contribution in [3.05, 3.63) is 40.8 Å². The first-order chi connectivity index (χ1) is 11.7. The van der Waals surface area contributed by atoms with Crippen molar-refractivity contribution in [3.8, 4) is 0 Å². The highest BCUT2D eigenvalue weighted by atomic mass is 79.9. The topological polar surface area (TPSA) is 71.0 Å². The molecule has 24 heavy (non-hydrogen) atoms. The molecular weight excluding hydrogens is 390 g/mol. The first-order valence-corrected chi connectivity index (χ1v) is 9.71. The summed E-state index contributed by atoms with van der Waals surface area (Å²) < 4.78 is 0.902. The van der Waals surface area contributed by atoms with Gasteiger partial charge < -0.3 is 10.2 Å². The van der Waals surface area contributed by atoms with E-state index in [0.29, 0.717) is 5.56 Å². The Bertz CT molecular complexity index is 707. The van der Waals surface area contributed by atoms with E-state index < -0.39 is 0 Å². The number of nitrogens with one attached hydrogen (secondary N) is 1. The molecule has 1 aliphatic heterocycles. The van der Waals surface area contributed by atoms with E-state index in [2.05, 4.69) is 41.1 Å². The Morgan fingerprint density at radius 3 is 2.71 bits per heavy atom. The van der Waals surface area contributed by atoms with E-state index in [1.165, 1.54) is 11.8 Å². The average molecular weight is 408 g/mol. The molecule has 2 aromatic heterocycles. The van der Waals surface area contributed by atoms with Gasteiger partial charge in [0.05, 0.1) is 4.47 Å². The monoisotopic (exact) mass is 407 g/mol. The van der Waals surface area contributed by atoms with Gasteiger partial charge in [0.2, 0.25) is 0 Å². The summed E-state index contributed by atoms with van der Waals surface area (Å²) in [5, 5.41) is 3.87. The maximum absolute atomic E-state index is 12.2. The number of halogens is 1. The number of amides is 1. The number of carbonyl (C=O) groups excluding carboxylic acids is 1. The Hall–Kier alpha value is -1.67. The van der Waals surface area contributed by atoms with Gasteiger partial charge in [-0.15, -0.1) is 0 Å². The number of pyridine rings is 1. The van der Waals surface area contributed by atoms with E-state index in [-0.39, 0.29) is 11.9 Å². The average Bonchev–Trinajstić information content (AvgIpc) is 2.63. The molecule has 126 valence electrons. The van der Waals surface area contributed by atoms with Crippen molar-refractivity contribution >= 4 is 39.4 Å². The van der Waals surface area contributed by atoms with Crippen LogP contribution in [0.15, 0.2) is 40.4 Å². The van der Waals surface area contributed by atoms with Crippen LogP contribution in [0.4, 0.5) is 5.82 Å². The zero-order valence-electron chi connectivity index (χ0n) is 13.3. The molecule has 3 rings (SSSR count). The molecule has 0 atom stereocenters. The number of piperidine rings is 1. The van der Waals surface area contributed by atoms with Gasteiger partial charge in [-0.05, 0) is 47.2 Å². The van der Waals surface area contributed by atoms with Crippen molar-refractivity contribution in [2.24, 2.45) is 0 Å². The SMILES string of the molecule is CSc1ncc(Br)c(N2CCC(NC(=O)c3ccncc3)CC2)n1. The molecule has 2 aromatic rings. The van der Waals surface area contributed by atoms with Crippen molar-refractivity contribution in [2.75, 3.05) is 24.2 Å². The predicted octanol–water partition coefficient (Wildman–Crippen LogP) is 2.75. The van der Waals surface area contributed by atoms with Crippen LogP contribution < -0.4 is 10.2 Å². The Labute approximate surface area is 153 Å². The highest BCUT2D eigenvalue weighted by Gasteiger charge is 2.23. The quantitative estimate of drug-likeness (QED) is 0.620. The van der Waals surface area contributed by atoms with Crippen LogP contribution in [-0.2, 0) is 0 Å². The normalized spacial score (nSPS) is 15.3. The number of hydrogen-bond donors (Lipinski definition) is 1. The third kappa shape index (κ3) is 4.05. The number of anilines is 1. The van der Waals surface area contributed by atoms with E-state index in [9.17, 15) is 4.79 Å². The van der Waals surface area contributed by atoms with Crippen molar-refractivity contribution in [1.29, 1.82) is 0 Å². The molecule has 0 saturated carbocycles. The van der Waals surface area contributed by atoms with Gasteiger partial charge in [-0.1, -0.05) is 11.8 Å². The van der Waals surface area contributed by atoms with Crippen LogP contribution in [-0.4, -0.2) is 46.2 Å². The maximum Gasteiger partial charge on any atom is 0.251 e. The molecule has 1 N–H and O–H groups in total. The lowest BCUT2D eigenvalue weighted by molar-refractivity contribution is 0.0931. The number of nitrogens with zero attached hydrogens (tertiary/aromatic N) is 4. The van der Waals surface area contributed by atoms with Crippen molar-refractivity contribution in [1.82, 2.24) is 20.3 Å². The Balaban J connectivity index is 1.59. The summed E-state index contributed by atoms with van der Waals surface area (Å²) in [6.07, 6.45) is 8.81. The van der Waals surface area contributed by atoms with Crippen LogP contribution in [0.25, 0.3) is 0 Å². The fraction of sp³-hybridized carbons (Fsp3) is 0.375. The summed E-state index contributed by atoms with van der Waals surface area (Å²) in [7, 11) is 0. The molecule has 1 amide bonds. The summed E-state index contributed by atoms with van der Waals surface area (Å²) in [5.74, 6) is 0.886. The van der Waals surface area contributed by atoms with Gasteiger partial charge in [-0.2, -0.15) is 0 Å². The third-order valence-corrected chi connectivity index (χ3v) is 5.08. The summed E-state index contributed by atoms with van der Waals surface area (Å²) >= 11 is 5.06. The summed E-state index contributed by atoms with van der Waals surface area (Å²) in [6, 6.07) is 3.64. The molecule has 1 saturated heterocycles. The van der Waals surface area contributed by atoms with Crippen molar-refractivity contribution in [3.63, 3.8) is 0 Å². The van der Waals surface area contributed by atoms with Crippen LogP contribution in [0, 0.1) is 0 Å². The minimum atomic E-state index is -0.0382. The number of rotatable bonds is 4. The highest BCUT2D eigenvalue weighted by Crippen LogP contribution is 2.27. The second-order valence-corrected chi connectivity index (χ2v) is 7.13. The molecule has 0 aromatic carbocycles. The molecular formula is C16H18BrN5OS. The number of hydrogen-bond acceptors (Lipinski definition) is 6. The van der Waals surface area contributed by atoms with Gasteiger partial charge in [-0.3, -0.25) is 9.78 Å². The van der Waals surface area contributed by atoms with Crippen LogP contribution in [0.5, 0.6) is 0 Å². The highest BCUT2D eigenvalue weighted by molar-refractivity contribution is 9.10. The Morgan fingerprint density at radius 1 is 1.33 bits per heavy atom. The van der Waals surface area contributed by atoms with Gasteiger partial charge >= 0.3 is 0 Å². The van der Waals surface area contributed by atoms with E-state index in [0.717, 1.165) is 41.4 Å². The Morgan fingerprint density at radius 2 is 2.04 bits per heavy atom. The largest absolute Gasteiger partial charge is 0.355 e. The second kappa shape index (κ2) is 7.94.